The lowest BCUT2D eigenvalue weighted by Gasteiger charge is -2.10. The summed E-state index contributed by atoms with van der Waals surface area (Å²) >= 11 is 1.43. The highest BCUT2D eigenvalue weighted by atomic mass is 32.2. The van der Waals surface area contributed by atoms with Crippen LogP contribution < -0.4 is 10.0 Å². The van der Waals surface area contributed by atoms with Crippen LogP contribution in [0.15, 0.2) is 72.8 Å². The highest BCUT2D eigenvalue weighted by Gasteiger charge is 2.12. The molecule has 2 N–H and O–H groups in total. The molecule has 0 saturated carbocycles. The molecular formula is C26H28N2O5S. The zero-order valence-electron chi connectivity index (χ0n) is 19.4. The normalized spacial score (nSPS) is 9.74. The van der Waals surface area contributed by atoms with Crippen LogP contribution in [0.5, 0.6) is 0 Å². The van der Waals surface area contributed by atoms with Crippen LogP contribution in [0, 0.1) is 0 Å². The Morgan fingerprint density at radius 3 is 2.32 bits per heavy atom. The maximum Gasteiger partial charge on any atom is 0.340 e. The van der Waals surface area contributed by atoms with Gasteiger partial charge in [0.2, 0.25) is 0 Å². The van der Waals surface area contributed by atoms with E-state index in [4.69, 9.17) is 4.74 Å². The molecule has 0 aliphatic carbocycles. The summed E-state index contributed by atoms with van der Waals surface area (Å²) in [5.74, 6) is -0.793. The van der Waals surface area contributed by atoms with Gasteiger partial charge in [-0.1, -0.05) is 54.4 Å². The fraction of sp³-hybridized carbons (Fsp3) is 0.192. The Kier molecular flexibility index (Phi) is 11.2. The summed E-state index contributed by atoms with van der Waals surface area (Å²) in [5.41, 5.74) is 4.77. The summed E-state index contributed by atoms with van der Waals surface area (Å²) < 4.78 is 12.7. The maximum absolute atomic E-state index is 11.8. The molecule has 7 nitrogen and oxygen atoms in total. The van der Waals surface area contributed by atoms with Crippen molar-refractivity contribution in [2.24, 2.45) is 0 Å². The molecule has 3 aromatic carbocycles. The van der Waals surface area contributed by atoms with Gasteiger partial charge < -0.3 is 19.5 Å². The van der Waals surface area contributed by atoms with Gasteiger partial charge in [-0.2, -0.15) is 0 Å². The van der Waals surface area contributed by atoms with Crippen LogP contribution in [0.1, 0.15) is 27.6 Å². The molecule has 0 radical (unpaired) electrons. The quantitative estimate of drug-likeness (QED) is 0.242. The van der Waals surface area contributed by atoms with Crippen molar-refractivity contribution in [3.05, 3.63) is 83.9 Å². The molecule has 0 aromatic heterocycles. The van der Waals surface area contributed by atoms with E-state index in [0.717, 1.165) is 22.5 Å². The van der Waals surface area contributed by atoms with Gasteiger partial charge in [-0.25, -0.2) is 9.59 Å². The molecule has 0 saturated heterocycles. The summed E-state index contributed by atoms with van der Waals surface area (Å²) in [7, 11) is 1.80. The second-order valence-corrected chi connectivity index (χ2v) is 7.36. The van der Waals surface area contributed by atoms with Crippen molar-refractivity contribution in [2.45, 2.75) is 6.92 Å². The van der Waals surface area contributed by atoms with Crippen molar-refractivity contribution in [2.75, 3.05) is 36.6 Å². The molecular weight excluding hydrogens is 452 g/mol. The zero-order valence-corrected chi connectivity index (χ0v) is 20.2. The molecule has 178 valence electrons. The zero-order chi connectivity index (χ0) is 24.8. The molecule has 0 atom stereocenters. The minimum Gasteiger partial charge on any atom is -0.462 e. The van der Waals surface area contributed by atoms with Crippen molar-refractivity contribution >= 4 is 41.5 Å². The molecule has 0 bridgehead atoms. The predicted molar refractivity (Wildman–Crippen MR) is 137 cm³/mol. The lowest BCUT2D eigenvalue weighted by molar-refractivity contribution is -0.110. The van der Waals surface area contributed by atoms with Gasteiger partial charge in [0.05, 0.1) is 17.7 Å². The van der Waals surface area contributed by atoms with Gasteiger partial charge in [-0.15, -0.1) is 0 Å². The molecule has 3 aromatic rings. The van der Waals surface area contributed by atoms with E-state index in [0.29, 0.717) is 24.0 Å². The first-order chi connectivity index (χ1) is 16.5. The Bertz CT molecular complexity index is 1090. The SMILES string of the molecule is CCOC(=O)c1ccc(-c2ccccc2)cc1NC.CSNc1cccc(C(=O)OCC=O)c1. The third-order valence-electron chi connectivity index (χ3n) is 4.49. The monoisotopic (exact) mass is 480 g/mol. The number of nitrogens with one attached hydrogen (secondary N) is 2. The first kappa shape index (κ1) is 26.5. The fourth-order valence-corrected chi connectivity index (χ4v) is 3.33. The summed E-state index contributed by atoms with van der Waals surface area (Å²) in [6.07, 6.45) is 2.43. The minimum atomic E-state index is -0.494. The van der Waals surface area contributed by atoms with Crippen LogP contribution in [0.2, 0.25) is 0 Å². The van der Waals surface area contributed by atoms with Gasteiger partial charge in [0.1, 0.15) is 6.61 Å². The summed E-state index contributed by atoms with van der Waals surface area (Å²) in [5, 5.41) is 3.04. The smallest absolute Gasteiger partial charge is 0.340 e. The number of hydrogen-bond donors (Lipinski definition) is 2. The van der Waals surface area contributed by atoms with Crippen LogP contribution in [0.4, 0.5) is 11.4 Å². The second-order valence-electron chi connectivity index (χ2n) is 6.75. The summed E-state index contributed by atoms with van der Waals surface area (Å²) in [6, 6.07) is 22.6. The van der Waals surface area contributed by atoms with Crippen LogP contribution in [0.25, 0.3) is 11.1 Å². The number of ether oxygens (including phenoxy) is 2. The summed E-state index contributed by atoms with van der Waals surface area (Å²) in [4.78, 5) is 33.2. The Morgan fingerprint density at radius 2 is 1.68 bits per heavy atom. The Balaban J connectivity index is 0.000000248. The first-order valence-electron chi connectivity index (χ1n) is 10.6. The van der Waals surface area contributed by atoms with Gasteiger partial charge in [-0.05, 0) is 48.4 Å². The van der Waals surface area contributed by atoms with Gasteiger partial charge in [0.15, 0.2) is 6.29 Å². The van der Waals surface area contributed by atoms with Gasteiger partial charge >= 0.3 is 11.9 Å². The van der Waals surface area contributed by atoms with Crippen LogP contribution in [-0.2, 0) is 14.3 Å². The van der Waals surface area contributed by atoms with E-state index in [1.807, 2.05) is 54.8 Å². The number of carbonyl (C=O) groups excluding carboxylic acids is 3. The Morgan fingerprint density at radius 1 is 0.912 bits per heavy atom. The van der Waals surface area contributed by atoms with Crippen molar-refractivity contribution in [1.29, 1.82) is 0 Å². The van der Waals surface area contributed by atoms with Gasteiger partial charge in [0, 0.05) is 24.7 Å². The van der Waals surface area contributed by atoms with Crippen LogP contribution in [-0.4, -0.2) is 44.7 Å². The maximum atomic E-state index is 11.8. The average molecular weight is 481 g/mol. The lowest BCUT2D eigenvalue weighted by Crippen LogP contribution is -2.08. The predicted octanol–water partition coefficient (Wildman–Crippen LogP) is 5.30. The molecule has 0 fully saturated rings. The average Bonchev–Trinajstić information content (AvgIpc) is 2.88. The van der Waals surface area contributed by atoms with Crippen LogP contribution in [0.3, 0.4) is 0 Å². The van der Waals surface area contributed by atoms with E-state index >= 15 is 0 Å². The third-order valence-corrected chi connectivity index (χ3v) is 4.93. The Labute approximate surface area is 204 Å². The van der Waals surface area contributed by atoms with Gasteiger partial charge in [-0.3, -0.25) is 4.79 Å². The van der Waals surface area contributed by atoms with Gasteiger partial charge in [0.25, 0.3) is 0 Å². The number of aldehydes is 1. The number of esters is 2. The molecule has 0 aliphatic rings. The lowest BCUT2D eigenvalue weighted by atomic mass is 10.0. The molecule has 34 heavy (non-hydrogen) atoms. The fourth-order valence-electron chi connectivity index (χ4n) is 2.97. The molecule has 0 aliphatic heterocycles. The highest BCUT2D eigenvalue weighted by Crippen LogP contribution is 2.26. The van der Waals surface area contributed by atoms with E-state index in [1.165, 1.54) is 11.9 Å². The number of anilines is 2. The highest BCUT2D eigenvalue weighted by molar-refractivity contribution is 7.99. The number of rotatable bonds is 9. The second kappa shape index (κ2) is 14.4. The van der Waals surface area contributed by atoms with Crippen molar-refractivity contribution in [1.82, 2.24) is 0 Å². The van der Waals surface area contributed by atoms with Crippen molar-refractivity contribution in [3.63, 3.8) is 0 Å². The molecule has 0 heterocycles. The van der Waals surface area contributed by atoms with E-state index in [2.05, 4.69) is 14.8 Å². The molecule has 0 spiro atoms. The number of benzene rings is 3. The number of hydrogen-bond acceptors (Lipinski definition) is 8. The molecule has 8 heteroatoms. The Hall–Kier alpha value is -3.78. The van der Waals surface area contributed by atoms with E-state index in [1.54, 1.807) is 38.2 Å². The molecule has 3 rings (SSSR count). The van der Waals surface area contributed by atoms with Crippen molar-refractivity contribution < 1.29 is 23.9 Å². The summed E-state index contributed by atoms with van der Waals surface area (Å²) in [6.45, 7) is 1.97. The third kappa shape index (κ3) is 7.97. The van der Waals surface area contributed by atoms with E-state index in [9.17, 15) is 14.4 Å². The van der Waals surface area contributed by atoms with E-state index < -0.39 is 5.97 Å². The van der Waals surface area contributed by atoms with E-state index in [-0.39, 0.29) is 12.6 Å². The topological polar surface area (TPSA) is 93.7 Å². The van der Waals surface area contributed by atoms with Crippen LogP contribution >= 0.6 is 11.9 Å². The molecule has 0 unspecified atom stereocenters. The largest absolute Gasteiger partial charge is 0.462 e. The first-order valence-corrected chi connectivity index (χ1v) is 11.8. The standard InChI is InChI=1S/C16H17NO2.C10H11NO3S/c1-3-19-16(18)14-10-9-13(11-15(14)17-2)12-7-5-4-6-8-12;1-15-11-9-4-2-3-8(7-9)10(13)14-6-5-12/h4-11,17H,3H2,1-2H3;2-5,7,11H,6H2,1H3. The minimum absolute atomic E-state index is 0.209. The van der Waals surface area contributed by atoms with Crippen molar-refractivity contribution in [3.8, 4) is 11.1 Å². The molecule has 0 amide bonds. The number of carbonyl (C=O) groups is 3.